The number of carboxylic acids is 1. The number of carbonyl (C=O) groups excluding carboxylic acids is 1. The number of hydrogen-bond acceptors (Lipinski definition) is 6. The van der Waals surface area contributed by atoms with E-state index in [9.17, 15) is 9.59 Å². The Morgan fingerprint density at radius 3 is 2.37 bits per heavy atom. The molecule has 3 aliphatic rings. The molecule has 2 unspecified atom stereocenters. The summed E-state index contributed by atoms with van der Waals surface area (Å²) in [6.45, 7) is 12.3. The molecule has 0 saturated carbocycles. The molecule has 0 aromatic carbocycles. The summed E-state index contributed by atoms with van der Waals surface area (Å²) in [5.74, 6) is -0.189. The van der Waals surface area contributed by atoms with E-state index in [-0.39, 0.29) is 24.8 Å². The number of ether oxygens (including phenoxy) is 1. The van der Waals surface area contributed by atoms with Crippen molar-refractivity contribution in [2.24, 2.45) is 5.92 Å². The molecular weight excluding hydrogens is 348 g/mol. The van der Waals surface area contributed by atoms with Crippen LogP contribution < -0.4 is 0 Å². The van der Waals surface area contributed by atoms with Gasteiger partial charge in [0.05, 0.1) is 12.5 Å². The molecule has 0 aromatic rings. The van der Waals surface area contributed by atoms with Gasteiger partial charge in [-0.3, -0.25) is 9.69 Å². The zero-order valence-corrected chi connectivity index (χ0v) is 16.7. The molecule has 3 saturated heterocycles. The van der Waals surface area contributed by atoms with Crippen molar-refractivity contribution in [1.82, 2.24) is 19.6 Å². The normalized spacial score (nSPS) is 29.3. The third-order valence-corrected chi connectivity index (χ3v) is 6.38. The summed E-state index contributed by atoms with van der Waals surface area (Å²) in [5, 5.41) is 8.82. The minimum Gasteiger partial charge on any atom is -0.481 e. The monoisotopic (exact) mass is 382 g/mol. The first kappa shape index (κ1) is 20.4. The number of aliphatic carboxylic acids is 1. The van der Waals surface area contributed by atoms with Crippen LogP contribution in [0.2, 0.25) is 0 Å². The summed E-state index contributed by atoms with van der Waals surface area (Å²) < 4.78 is 5.73. The molecule has 0 bridgehead atoms. The van der Waals surface area contributed by atoms with Gasteiger partial charge in [0.1, 0.15) is 0 Å². The minimum atomic E-state index is -0.754. The largest absolute Gasteiger partial charge is 0.481 e. The lowest BCUT2D eigenvalue weighted by atomic mass is 9.96. The molecule has 0 aromatic heterocycles. The maximum atomic E-state index is 12.5. The fourth-order valence-electron chi connectivity index (χ4n) is 4.47. The Morgan fingerprint density at radius 1 is 1.11 bits per heavy atom. The van der Waals surface area contributed by atoms with Gasteiger partial charge in [-0.25, -0.2) is 4.79 Å². The summed E-state index contributed by atoms with van der Waals surface area (Å²) in [6, 6.07) is 0.0623. The van der Waals surface area contributed by atoms with E-state index < -0.39 is 5.97 Å². The number of hydrogen-bond donors (Lipinski definition) is 1. The number of carbonyl (C=O) groups is 2. The lowest BCUT2D eigenvalue weighted by Gasteiger charge is -2.38. The molecule has 8 heteroatoms. The van der Waals surface area contributed by atoms with Gasteiger partial charge >= 0.3 is 12.1 Å². The lowest BCUT2D eigenvalue weighted by Crippen LogP contribution is -2.54. The molecule has 154 valence electrons. The maximum absolute atomic E-state index is 12.5. The van der Waals surface area contributed by atoms with E-state index in [0.29, 0.717) is 12.5 Å². The van der Waals surface area contributed by atoms with Crippen LogP contribution in [0.25, 0.3) is 0 Å². The van der Waals surface area contributed by atoms with Crippen LogP contribution in [-0.4, -0.2) is 108 Å². The number of likely N-dealkylation sites (tertiary alicyclic amines) is 1. The van der Waals surface area contributed by atoms with Crippen molar-refractivity contribution in [2.45, 2.75) is 45.4 Å². The van der Waals surface area contributed by atoms with Gasteiger partial charge in [0.15, 0.2) is 6.23 Å². The highest BCUT2D eigenvalue weighted by atomic mass is 16.6. The van der Waals surface area contributed by atoms with E-state index >= 15 is 0 Å². The summed E-state index contributed by atoms with van der Waals surface area (Å²) in [4.78, 5) is 32.0. The first-order chi connectivity index (χ1) is 13.0. The van der Waals surface area contributed by atoms with E-state index in [2.05, 4.69) is 28.5 Å². The van der Waals surface area contributed by atoms with E-state index in [0.717, 1.165) is 65.2 Å². The second kappa shape index (κ2) is 9.21. The van der Waals surface area contributed by atoms with Crippen molar-refractivity contribution in [3.8, 4) is 0 Å². The fourth-order valence-corrected chi connectivity index (χ4v) is 4.47. The molecule has 0 radical (unpaired) electrons. The highest BCUT2D eigenvalue weighted by Crippen LogP contribution is 2.27. The molecule has 0 spiro atoms. The van der Waals surface area contributed by atoms with Gasteiger partial charge in [-0.1, -0.05) is 6.92 Å². The Labute approximate surface area is 162 Å². The molecule has 3 heterocycles. The summed E-state index contributed by atoms with van der Waals surface area (Å²) in [7, 11) is 0. The van der Waals surface area contributed by atoms with E-state index in [1.165, 1.54) is 0 Å². The quantitative estimate of drug-likeness (QED) is 0.703. The zero-order valence-electron chi connectivity index (χ0n) is 16.7. The van der Waals surface area contributed by atoms with Crippen molar-refractivity contribution < 1.29 is 19.4 Å². The van der Waals surface area contributed by atoms with E-state index in [1.807, 2.05) is 4.90 Å². The number of carboxylic acid groups (broad SMARTS) is 1. The summed E-state index contributed by atoms with van der Waals surface area (Å²) in [5.41, 5.74) is 0. The third-order valence-electron chi connectivity index (χ3n) is 6.38. The van der Waals surface area contributed by atoms with Crippen LogP contribution >= 0.6 is 0 Å². The molecule has 0 aliphatic carbocycles. The predicted molar refractivity (Wildman–Crippen MR) is 102 cm³/mol. The molecule has 8 nitrogen and oxygen atoms in total. The van der Waals surface area contributed by atoms with Crippen molar-refractivity contribution in [3.05, 3.63) is 0 Å². The standard InChI is InChI=1S/C19H34N4O4/c1-3-20-7-4-16(5-8-20)14-23-15(2)18(27-19(23)26)22-12-10-21(11-13-22)9-6-17(24)25/h15-16,18H,3-14H2,1-2H3,(H,24,25). The van der Waals surface area contributed by atoms with E-state index in [1.54, 1.807) is 0 Å². The first-order valence-electron chi connectivity index (χ1n) is 10.4. The smallest absolute Gasteiger partial charge is 0.411 e. The molecule has 3 aliphatic heterocycles. The lowest BCUT2D eigenvalue weighted by molar-refractivity contribution is -0.137. The van der Waals surface area contributed by atoms with Crippen LogP contribution in [0, 0.1) is 5.92 Å². The van der Waals surface area contributed by atoms with Crippen LogP contribution in [-0.2, 0) is 9.53 Å². The summed E-state index contributed by atoms with van der Waals surface area (Å²) in [6.07, 6.45) is 2.11. The molecule has 1 amide bonds. The Kier molecular flexibility index (Phi) is 6.94. The highest BCUT2D eigenvalue weighted by molar-refractivity contribution is 5.70. The van der Waals surface area contributed by atoms with E-state index in [4.69, 9.17) is 9.84 Å². The van der Waals surface area contributed by atoms with Gasteiger partial charge < -0.3 is 24.5 Å². The number of piperazine rings is 1. The average molecular weight is 383 g/mol. The highest BCUT2D eigenvalue weighted by Gasteiger charge is 2.43. The number of nitrogens with zero attached hydrogens (tertiary/aromatic N) is 4. The Hall–Kier alpha value is -1.38. The topological polar surface area (TPSA) is 76.6 Å². The number of piperidine rings is 1. The van der Waals surface area contributed by atoms with Gasteiger partial charge in [0.2, 0.25) is 0 Å². The molecule has 1 N–H and O–H groups in total. The number of amides is 1. The molecular formula is C19H34N4O4. The van der Waals surface area contributed by atoms with Crippen LogP contribution in [0.3, 0.4) is 0 Å². The second-order valence-corrected chi connectivity index (χ2v) is 8.07. The van der Waals surface area contributed by atoms with Crippen molar-refractivity contribution in [1.29, 1.82) is 0 Å². The van der Waals surface area contributed by atoms with Gasteiger partial charge in [-0.05, 0) is 45.3 Å². The van der Waals surface area contributed by atoms with Gasteiger partial charge in [0, 0.05) is 39.3 Å². The molecule has 3 rings (SSSR count). The molecule has 2 atom stereocenters. The molecule has 3 fully saturated rings. The van der Waals surface area contributed by atoms with Gasteiger partial charge in [0.25, 0.3) is 0 Å². The van der Waals surface area contributed by atoms with Crippen molar-refractivity contribution >= 4 is 12.1 Å². The van der Waals surface area contributed by atoms with Gasteiger partial charge in [-0.15, -0.1) is 0 Å². The SMILES string of the molecule is CCN1CCC(CN2C(=O)OC(N3CCN(CCC(=O)O)CC3)C2C)CC1. The van der Waals surface area contributed by atoms with Crippen LogP contribution in [0.4, 0.5) is 4.79 Å². The summed E-state index contributed by atoms with van der Waals surface area (Å²) >= 11 is 0. The second-order valence-electron chi connectivity index (χ2n) is 8.07. The Balaban J connectivity index is 1.46. The fraction of sp³-hybridized carbons (Fsp3) is 0.895. The minimum absolute atomic E-state index is 0.0623. The number of rotatable bonds is 7. The van der Waals surface area contributed by atoms with Crippen LogP contribution in [0.1, 0.15) is 33.1 Å². The predicted octanol–water partition coefficient (Wildman–Crippen LogP) is 0.977. The number of cyclic esters (lactones) is 1. The maximum Gasteiger partial charge on any atom is 0.411 e. The molecule has 27 heavy (non-hydrogen) atoms. The van der Waals surface area contributed by atoms with Crippen molar-refractivity contribution in [2.75, 3.05) is 58.9 Å². The third kappa shape index (κ3) is 5.12. The van der Waals surface area contributed by atoms with Crippen LogP contribution in [0.15, 0.2) is 0 Å². The van der Waals surface area contributed by atoms with Gasteiger partial charge in [-0.2, -0.15) is 0 Å². The Morgan fingerprint density at radius 2 is 1.78 bits per heavy atom. The first-order valence-corrected chi connectivity index (χ1v) is 10.4. The van der Waals surface area contributed by atoms with Crippen molar-refractivity contribution in [3.63, 3.8) is 0 Å². The zero-order chi connectivity index (χ0) is 19.4. The van der Waals surface area contributed by atoms with Crippen LogP contribution in [0.5, 0.6) is 0 Å². The Bertz CT molecular complexity index is 516. The average Bonchev–Trinajstić information content (AvgIpc) is 2.95.